The molecule has 45 heavy (non-hydrogen) atoms. The minimum absolute atomic E-state index is 0.00861. The van der Waals surface area contributed by atoms with Crippen LogP contribution in [0, 0.1) is 22.5 Å². The fourth-order valence-corrected chi connectivity index (χ4v) is 6.75. The van der Waals surface area contributed by atoms with Gasteiger partial charge in [0.1, 0.15) is 11.4 Å². The van der Waals surface area contributed by atoms with E-state index in [0.717, 1.165) is 22.9 Å². The monoisotopic (exact) mass is 620 g/mol. The molecule has 240 valence electrons. The summed E-state index contributed by atoms with van der Waals surface area (Å²) in [5.74, 6) is -0.00351. The average molecular weight is 621 g/mol. The molecule has 1 spiro atoms. The van der Waals surface area contributed by atoms with Crippen LogP contribution in [-0.4, -0.2) is 76.7 Å². The Labute approximate surface area is 262 Å². The highest BCUT2D eigenvalue weighted by atomic mass is 16.6. The van der Waals surface area contributed by atoms with Crippen molar-refractivity contribution >= 4 is 34.6 Å². The summed E-state index contributed by atoms with van der Waals surface area (Å²) in [6.45, 7) is 11.1. The minimum Gasteiger partial charge on any atom is -0.496 e. The first-order chi connectivity index (χ1) is 21.2. The van der Waals surface area contributed by atoms with Gasteiger partial charge in [0.2, 0.25) is 5.91 Å². The number of carbonyl (C=O) groups excluding carboxylic acids is 3. The highest BCUT2D eigenvalue weighted by Gasteiger charge is 2.50. The van der Waals surface area contributed by atoms with Gasteiger partial charge < -0.3 is 19.1 Å². The van der Waals surface area contributed by atoms with E-state index in [9.17, 15) is 24.5 Å². The average Bonchev–Trinajstić information content (AvgIpc) is 3.42. The molecule has 2 aliphatic heterocycles. The zero-order valence-electron chi connectivity index (χ0n) is 26.8. The van der Waals surface area contributed by atoms with Crippen molar-refractivity contribution in [1.29, 1.82) is 0 Å². The van der Waals surface area contributed by atoms with Crippen molar-refractivity contribution in [2.45, 2.75) is 65.6 Å². The molecule has 3 aromatic rings. The van der Waals surface area contributed by atoms with Gasteiger partial charge in [-0.3, -0.25) is 24.4 Å². The van der Waals surface area contributed by atoms with Crippen molar-refractivity contribution < 1.29 is 33.5 Å². The van der Waals surface area contributed by atoms with Crippen LogP contribution in [0.3, 0.4) is 0 Å². The molecule has 12 nitrogen and oxygen atoms in total. The summed E-state index contributed by atoms with van der Waals surface area (Å²) in [5.41, 5.74) is 1.96. The third kappa shape index (κ3) is 6.11. The Bertz CT molecular complexity index is 1680. The fraction of sp³-hybridized carbons (Fsp3) is 0.485. The Morgan fingerprint density at radius 1 is 1.11 bits per heavy atom. The maximum Gasteiger partial charge on any atom is 0.419 e. The summed E-state index contributed by atoms with van der Waals surface area (Å²) >= 11 is 0. The van der Waals surface area contributed by atoms with E-state index in [1.54, 1.807) is 37.3 Å². The number of carbonyl (C=O) groups is 3. The van der Waals surface area contributed by atoms with Gasteiger partial charge in [0.15, 0.2) is 0 Å². The van der Waals surface area contributed by atoms with Crippen LogP contribution in [-0.2, 0) is 20.8 Å². The van der Waals surface area contributed by atoms with Gasteiger partial charge in [-0.25, -0.2) is 9.59 Å². The topological polar surface area (TPSA) is 133 Å². The number of aromatic nitrogens is 1. The number of nitro benzene ring substituents is 1. The van der Waals surface area contributed by atoms with Crippen LogP contribution in [0.4, 0.5) is 10.5 Å². The Morgan fingerprint density at radius 3 is 2.42 bits per heavy atom. The van der Waals surface area contributed by atoms with E-state index >= 15 is 0 Å². The van der Waals surface area contributed by atoms with Crippen LogP contribution in [0.25, 0.3) is 10.9 Å². The quantitative estimate of drug-likeness (QED) is 0.196. The van der Waals surface area contributed by atoms with E-state index in [0.29, 0.717) is 49.4 Å². The number of esters is 1. The van der Waals surface area contributed by atoms with Crippen molar-refractivity contribution in [3.63, 3.8) is 0 Å². The third-order valence-corrected chi connectivity index (χ3v) is 8.90. The predicted octanol–water partition coefficient (Wildman–Crippen LogP) is 5.62. The molecule has 1 aromatic heterocycles. The molecule has 0 aliphatic carbocycles. The van der Waals surface area contributed by atoms with Gasteiger partial charge in [0.05, 0.1) is 30.2 Å². The maximum atomic E-state index is 13.1. The number of piperidine rings is 1. The standard InChI is InChI=1S/C33H40N4O8/c1-20-14-28(43-6)25(23-10-12-36(29(20)23)31(40)45-32(3,4)5)17-34-13-11-33(18-35(19-33)21(2)38)16-27(34)24-9-8-22(30(39)44-7)15-26(24)37(41)42/h8-10,12,14-15,27H,11,13,16-19H2,1-7H3. The lowest BCUT2D eigenvalue weighted by molar-refractivity contribution is -0.386. The van der Waals surface area contributed by atoms with Crippen molar-refractivity contribution in [3.8, 4) is 5.75 Å². The van der Waals surface area contributed by atoms with Gasteiger partial charge in [0, 0.05) is 66.8 Å². The molecule has 1 atom stereocenters. The third-order valence-electron chi connectivity index (χ3n) is 8.90. The number of hydrogen-bond acceptors (Lipinski definition) is 9. The number of hydrogen-bond donors (Lipinski definition) is 0. The number of amides is 1. The molecule has 0 bridgehead atoms. The molecule has 0 radical (unpaired) electrons. The Morgan fingerprint density at radius 2 is 1.82 bits per heavy atom. The molecule has 0 N–H and O–H groups in total. The molecular formula is C33H40N4O8. The summed E-state index contributed by atoms with van der Waals surface area (Å²) in [6, 6.07) is 7.84. The molecule has 2 fully saturated rings. The molecular weight excluding hydrogens is 580 g/mol. The molecule has 1 unspecified atom stereocenters. The lowest BCUT2D eigenvalue weighted by Gasteiger charge is -2.56. The van der Waals surface area contributed by atoms with Crippen molar-refractivity contribution in [3.05, 3.63) is 68.9 Å². The smallest absolute Gasteiger partial charge is 0.419 e. The van der Waals surface area contributed by atoms with E-state index < -0.39 is 28.6 Å². The number of rotatable bonds is 6. The number of nitrogens with zero attached hydrogens (tertiary/aromatic N) is 4. The van der Waals surface area contributed by atoms with E-state index in [2.05, 4.69) is 4.90 Å². The van der Waals surface area contributed by atoms with Crippen LogP contribution >= 0.6 is 0 Å². The van der Waals surface area contributed by atoms with Crippen molar-refractivity contribution in [2.75, 3.05) is 33.9 Å². The first-order valence-electron chi connectivity index (χ1n) is 14.9. The zero-order valence-corrected chi connectivity index (χ0v) is 26.8. The van der Waals surface area contributed by atoms with E-state index in [4.69, 9.17) is 14.2 Å². The van der Waals surface area contributed by atoms with E-state index in [1.165, 1.54) is 17.7 Å². The zero-order chi connectivity index (χ0) is 32.8. The highest BCUT2D eigenvalue weighted by Crippen LogP contribution is 2.50. The number of methoxy groups -OCH3 is 2. The highest BCUT2D eigenvalue weighted by molar-refractivity contribution is 5.95. The fourth-order valence-electron chi connectivity index (χ4n) is 6.75. The van der Waals surface area contributed by atoms with Gasteiger partial charge in [-0.05, 0) is 76.9 Å². The number of likely N-dealkylation sites (tertiary alicyclic amines) is 2. The summed E-state index contributed by atoms with van der Waals surface area (Å²) in [5, 5.41) is 13.2. The molecule has 2 aromatic carbocycles. The van der Waals surface area contributed by atoms with Crippen LogP contribution < -0.4 is 4.74 Å². The second kappa shape index (κ2) is 11.8. The molecule has 12 heteroatoms. The molecule has 3 heterocycles. The summed E-state index contributed by atoms with van der Waals surface area (Å²) < 4.78 is 17.8. The van der Waals surface area contributed by atoms with Gasteiger partial charge in [-0.15, -0.1) is 0 Å². The van der Waals surface area contributed by atoms with Crippen molar-refractivity contribution in [2.24, 2.45) is 5.41 Å². The van der Waals surface area contributed by atoms with Crippen LogP contribution in [0.15, 0.2) is 36.5 Å². The molecule has 2 saturated heterocycles. The van der Waals surface area contributed by atoms with Gasteiger partial charge >= 0.3 is 12.1 Å². The Hall–Kier alpha value is -4.45. The van der Waals surface area contributed by atoms with Crippen LogP contribution in [0.2, 0.25) is 0 Å². The number of aryl methyl sites for hydroxylation is 1. The maximum absolute atomic E-state index is 13.1. The summed E-state index contributed by atoms with van der Waals surface area (Å²) in [6.07, 6.45) is 2.59. The van der Waals surface area contributed by atoms with E-state index in [1.807, 2.05) is 39.8 Å². The minimum atomic E-state index is -0.675. The number of benzene rings is 2. The summed E-state index contributed by atoms with van der Waals surface area (Å²) in [4.78, 5) is 53.4. The molecule has 0 saturated carbocycles. The second-order valence-electron chi connectivity index (χ2n) is 13.1. The SMILES string of the molecule is COC(=O)c1ccc(C2CC3(CCN2Cc2c(OC)cc(C)c4c2ccn4C(=O)OC(C)(C)C)CN(C(C)=O)C3)c([N+](=O)[O-])c1. The summed E-state index contributed by atoms with van der Waals surface area (Å²) in [7, 11) is 2.83. The van der Waals surface area contributed by atoms with Gasteiger partial charge in [-0.1, -0.05) is 0 Å². The van der Waals surface area contributed by atoms with Crippen LogP contribution in [0.1, 0.15) is 73.6 Å². The first-order valence-corrected chi connectivity index (χ1v) is 14.9. The lowest BCUT2D eigenvalue weighted by Crippen LogP contribution is -2.61. The normalized spacial score (nSPS) is 18.0. The number of ether oxygens (including phenoxy) is 3. The second-order valence-corrected chi connectivity index (χ2v) is 13.1. The van der Waals surface area contributed by atoms with Crippen molar-refractivity contribution in [1.82, 2.24) is 14.4 Å². The van der Waals surface area contributed by atoms with Gasteiger partial charge in [-0.2, -0.15) is 0 Å². The molecule has 1 amide bonds. The van der Waals surface area contributed by atoms with Gasteiger partial charge in [0.25, 0.3) is 5.69 Å². The molecule has 5 rings (SSSR count). The largest absolute Gasteiger partial charge is 0.496 e. The number of fused-ring (bicyclic) bond motifs is 1. The first kappa shape index (κ1) is 32.0. The number of nitro groups is 1. The predicted molar refractivity (Wildman–Crippen MR) is 166 cm³/mol. The lowest BCUT2D eigenvalue weighted by atomic mass is 9.68. The Balaban J connectivity index is 1.59. The molecule has 2 aliphatic rings. The van der Waals surface area contributed by atoms with E-state index in [-0.39, 0.29) is 22.6 Å². The van der Waals surface area contributed by atoms with Crippen LogP contribution in [0.5, 0.6) is 5.75 Å². The Kier molecular flexibility index (Phi) is 8.39.